The van der Waals surface area contributed by atoms with Gasteiger partial charge in [0.05, 0.1) is 16.8 Å². The van der Waals surface area contributed by atoms with E-state index in [2.05, 4.69) is 51.5 Å². The second-order valence-electron chi connectivity index (χ2n) is 7.10. The van der Waals surface area contributed by atoms with Gasteiger partial charge in [-0.25, -0.2) is 4.98 Å². The quantitative estimate of drug-likeness (QED) is 0.184. The highest BCUT2D eigenvalue weighted by atomic mass is 32.2. The molecule has 0 amide bonds. The lowest BCUT2D eigenvalue weighted by Crippen LogP contribution is -1.95. The van der Waals surface area contributed by atoms with Crippen molar-refractivity contribution in [3.8, 4) is 6.07 Å². The molecule has 7 nitrogen and oxygen atoms in total. The molecule has 3 N–H and O–H groups in total. The Kier molecular flexibility index (Phi) is 6.21. The van der Waals surface area contributed by atoms with E-state index in [1.165, 1.54) is 28.7 Å². The van der Waals surface area contributed by atoms with Crippen molar-refractivity contribution in [1.82, 2.24) is 20.2 Å². The van der Waals surface area contributed by atoms with Gasteiger partial charge in [-0.15, -0.1) is 10.2 Å². The molecule has 0 aliphatic rings. The fraction of sp³-hybridized carbons (Fsp3) is 0.182. The summed E-state index contributed by atoms with van der Waals surface area (Å²) in [5, 5.41) is 32.2. The van der Waals surface area contributed by atoms with Crippen LogP contribution in [0.2, 0.25) is 0 Å². The Morgan fingerprint density at radius 3 is 2.68 bits per heavy atom. The molecule has 2 aromatic heterocycles. The average molecular weight is 449 g/mol. The number of aromatic nitrogens is 4. The number of hydrogen-bond donors (Lipinski definition) is 3. The van der Waals surface area contributed by atoms with E-state index in [0.717, 1.165) is 16.7 Å². The summed E-state index contributed by atoms with van der Waals surface area (Å²) in [7, 11) is 0. The minimum Gasteiger partial charge on any atom is -0.510 e. The summed E-state index contributed by atoms with van der Waals surface area (Å²) in [4.78, 5) is 7.46. The van der Waals surface area contributed by atoms with Crippen LogP contribution in [-0.2, 0) is 0 Å². The Morgan fingerprint density at radius 1 is 1.19 bits per heavy atom. The highest BCUT2D eigenvalue weighted by Gasteiger charge is 2.15. The third-order valence-electron chi connectivity index (χ3n) is 4.59. The standard InChI is InChI=1S/C22H20N6OS2/c1-13(2)14-7-9-15(10-8-14)24-21-27-28-22(31-21)30-12-19(29)16(11-23)20-25-17-5-3-4-6-18(17)26-20/h3-10,13,29H,12H2,1-2H3,(H,24,27)(H,25,26)/b19-16-. The summed E-state index contributed by atoms with van der Waals surface area (Å²) in [5.41, 5.74) is 3.89. The smallest absolute Gasteiger partial charge is 0.210 e. The van der Waals surface area contributed by atoms with Gasteiger partial charge < -0.3 is 15.4 Å². The zero-order valence-corrected chi connectivity index (χ0v) is 18.6. The van der Waals surface area contributed by atoms with E-state index < -0.39 is 0 Å². The molecule has 0 fully saturated rings. The number of anilines is 2. The van der Waals surface area contributed by atoms with E-state index in [1.54, 1.807) is 0 Å². The highest BCUT2D eigenvalue weighted by molar-refractivity contribution is 8.01. The zero-order valence-electron chi connectivity index (χ0n) is 17.0. The van der Waals surface area contributed by atoms with Crippen LogP contribution in [0, 0.1) is 11.3 Å². The molecule has 156 valence electrons. The first kappa shape index (κ1) is 20.9. The fourth-order valence-corrected chi connectivity index (χ4v) is 4.57. The maximum atomic E-state index is 10.5. The Labute approximate surface area is 187 Å². The van der Waals surface area contributed by atoms with Crippen LogP contribution in [0.3, 0.4) is 0 Å². The van der Waals surface area contributed by atoms with Gasteiger partial charge in [-0.3, -0.25) is 0 Å². The topological polar surface area (TPSA) is 111 Å². The molecule has 0 bridgehead atoms. The molecule has 0 spiro atoms. The van der Waals surface area contributed by atoms with Crippen LogP contribution in [-0.4, -0.2) is 31.0 Å². The van der Waals surface area contributed by atoms with Crippen LogP contribution >= 0.6 is 23.1 Å². The van der Waals surface area contributed by atoms with E-state index in [9.17, 15) is 10.4 Å². The van der Waals surface area contributed by atoms with Crippen molar-refractivity contribution in [1.29, 1.82) is 5.26 Å². The predicted octanol–water partition coefficient (Wildman–Crippen LogP) is 5.87. The average Bonchev–Trinajstić information content (AvgIpc) is 3.39. The number of hydrogen-bond acceptors (Lipinski definition) is 8. The van der Waals surface area contributed by atoms with Crippen LogP contribution in [0.5, 0.6) is 0 Å². The predicted molar refractivity (Wildman–Crippen MR) is 126 cm³/mol. The van der Waals surface area contributed by atoms with Crippen molar-refractivity contribution < 1.29 is 5.11 Å². The molecule has 31 heavy (non-hydrogen) atoms. The summed E-state index contributed by atoms with van der Waals surface area (Å²) < 4.78 is 0.690. The number of aliphatic hydroxyl groups is 1. The van der Waals surface area contributed by atoms with Crippen LogP contribution < -0.4 is 5.32 Å². The van der Waals surface area contributed by atoms with E-state index in [-0.39, 0.29) is 17.1 Å². The van der Waals surface area contributed by atoms with E-state index >= 15 is 0 Å². The Balaban J connectivity index is 1.42. The number of thioether (sulfide) groups is 1. The summed E-state index contributed by atoms with van der Waals surface area (Å²) in [6.45, 7) is 4.32. The third-order valence-corrected chi connectivity index (χ3v) is 6.58. The number of nitrogens with one attached hydrogen (secondary N) is 2. The molecule has 0 radical (unpaired) electrons. The van der Waals surface area contributed by atoms with Crippen molar-refractivity contribution >= 4 is 50.5 Å². The van der Waals surface area contributed by atoms with Crippen molar-refractivity contribution in [2.45, 2.75) is 24.1 Å². The lowest BCUT2D eigenvalue weighted by molar-refractivity contribution is 0.420. The number of benzene rings is 2. The first-order chi connectivity index (χ1) is 15.0. The number of rotatable bonds is 7. The minimum atomic E-state index is -0.0551. The van der Waals surface area contributed by atoms with E-state index in [1.807, 2.05) is 42.5 Å². The number of para-hydroxylation sites is 2. The third kappa shape index (κ3) is 4.87. The molecule has 4 rings (SSSR count). The SMILES string of the molecule is CC(C)c1ccc(Nc2nnc(SC/C(O)=C(\C#N)c3nc4ccccc4[nH]3)s2)cc1. The molecule has 2 aromatic carbocycles. The van der Waals surface area contributed by atoms with Crippen molar-refractivity contribution in [3.63, 3.8) is 0 Å². The van der Waals surface area contributed by atoms with Gasteiger partial charge in [-0.1, -0.05) is 61.2 Å². The number of aromatic amines is 1. The lowest BCUT2D eigenvalue weighted by atomic mass is 10.0. The van der Waals surface area contributed by atoms with Gasteiger partial charge in [0.1, 0.15) is 17.4 Å². The largest absolute Gasteiger partial charge is 0.510 e. The molecule has 0 atom stereocenters. The highest BCUT2D eigenvalue weighted by Crippen LogP contribution is 2.30. The Bertz CT molecular complexity index is 1230. The maximum Gasteiger partial charge on any atom is 0.210 e. The van der Waals surface area contributed by atoms with Gasteiger partial charge in [0.15, 0.2) is 10.2 Å². The van der Waals surface area contributed by atoms with Crippen molar-refractivity contribution in [2.24, 2.45) is 0 Å². The van der Waals surface area contributed by atoms with Gasteiger partial charge in [0.2, 0.25) is 5.13 Å². The number of imidazole rings is 1. The first-order valence-electron chi connectivity index (χ1n) is 9.64. The van der Waals surface area contributed by atoms with Crippen LogP contribution in [0.4, 0.5) is 10.8 Å². The Hall–Kier alpha value is -3.35. The first-order valence-corrected chi connectivity index (χ1v) is 11.4. The van der Waals surface area contributed by atoms with Gasteiger partial charge in [0.25, 0.3) is 0 Å². The molecule has 0 saturated carbocycles. The molecular formula is C22H20N6OS2. The fourth-order valence-electron chi connectivity index (χ4n) is 2.92. The minimum absolute atomic E-state index is 0.0551. The van der Waals surface area contributed by atoms with Gasteiger partial charge in [-0.05, 0) is 35.7 Å². The second-order valence-corrected chi connectivity index (χ2v) is 9.30. The summed E-state index contributed by atoms with van der Waals surface area (Å²) >= 11 is 2.70. The molecular weight excluding hydrogens is 428 g/mol. The summed E-state index contributed by atoms with van der Waals surface area (Å²) in [6, 6.07) is 17.7. The van der Waals surface area contributed by atoms with E-state index in [4.69, 9.17) is 0 Å². The number of aliphatic hydroxyl groups excluding tert-OH is 1. The Morgan fingerprint density at radius 2 is 1.97 bits per heavy atom. The number of H-pyrrole nitrogens is 1. The molecule has 9 heteroatoms. The monoisotopic (exact) mass is 448 g/mol. The number of fused-ring (bicyclic) bond motifs is 1. The second kappa shape index (κ2) is 9.20. The number of allylic oxidation sites excluding steroid dienone is 1. The van der Waals surface area contributed by atoms with Crippen LogP contribution in [0.25, 0.3) is 16.6 Å². The van der Waals surface area contributed by atoms with Crippen LogP contribution in [0.1, 0.15) is 31.2 Å². The van der Waals surface area contributed by atoms with Crippen LogP contribution in [0.15, 0.2) is 58.6 Å². The molecule has 0 aliphatic carbocycles. The molecule has 0 saturated heterocycles. The lowest BCUT2D eigenvalue weighted by Gasteiger charge is -2.06. The molecule has 0 aliphatic heterocycles. The molecule has 0 unspecified atom stereocenters. The van der Waals surface area contributed by atoms with Crippen molar-refractivity contribution in [2.75, 3.05) is 11.1 Å². The number of nitrogens with zero attached hydrogens (tertiary/aromatic N) is 4. The maximum absolute atomic E-state index is 10.5. The normalized spacial score (nSPS) is 12.1. The zero-order chi connectivity index (χ0) is 21.8. The number of nitriles is 1. The van der Waals surface area contributed by atoms with Gasteiger partial charge >= 0.3 is 0 Å². The molecule has 4 aromatic rings. The van der Waals surface area contributed by atoms with Gasteiger partial charge in [0, 0.05) is 5.69 Å². The van der Waals surface area contributed by atoms with Gasteiger partial charge in [-0.2, -0.15) is 5.26 Å². The van der Waals surface area contributed by atoms with Crippen molar-refractivity contribution in [3.05, 3.63) is 65.7 Å². The van der Waals surface area contributed by atoms with E-state index in [0.29, 0.717) is 21.2 Å². The summed E-state index contributed by atoms with van der Waals surface area (Å²) in [5.74, 6) is 0.974. The summed E-state index contributed by atoms with van der Waals surface area (Å²) in [6.07, 6.45) is 0. The molecule has 2 heterocycles.